The molecule has 1 aromatic heterocycles. The van der Waals surface area contributed by atoms with Crippen LogP contribution in [0.25, 0.3) is 11.1 Å². The maximum Gasteiger partial charge on any atom is 0.264 e. The van der Waals surface area contributed by atoms with Gasteiger partial charge < -0.3 is 4.90 Å². The molecule has 2 aromatic rings. The Morgan fingerprint density at radius 1 is 1.26 bits per heavy atom. The monoisotopic (exact) mass is 263 g/mol. The molecule has 0 amide bonds. The number of likely N-dealkylation sites (N-methyl/N-ethyl adjacent to an activating group) is 1. The minimum absolute atomic E-state index is 0.0838. The van der Waals surface area contributed by atoms with Gasteiger partial charge >= 0.3 is 0 Å². The Labute approximate surface area is 110 Å². The molecule has 5 heteroatoms. The van der Waals surface area contributed by atoms with Crippen LogP contribution in [0.4, 0.5) is 14.5 Å². The maximum absolute atomic E-state index is 13.3. The van der Waals surface area contributed by atoms with Gasteiger partial charge in [0, 0.05) is 43.7 Å². The molecule has 1 aliphatic heterocycles. The molecule has 100 valence electrons. The van der Waals surface area contributed by atoms with Crippen molar-refractivity contribution in [2.75, 3.05) is 18.5 Å². The Hall–Kier alpha value is -1.91. The lowest BCUT2D eigenvalue weighted by Crippen LogP contribution is -2.12. The summed E-state index contributed by atoms with van der Waals surface area (Å²) in [5.74, 6) is 0. The van der Waals surface area contributed by atoms with E-state index >= 15 is 0 Å². The summed E-state index contributed by atoms with van der Waals surface area (Å²) < 4.78 is 28.2. The van der Waals surface area contributed by atoms with Crippen molar-refractivity contribution in [1.29, 1.82) is 0 Å². The van der Waals surface area contributed by atoms with Crippen LogP contribution < -0.4 is 4.90 Å². The first-order valence-corrected chi connectivity index (χ1v) is 6.21. The maximum atomic E-state index is 13.3. The molecule has 2 heterocycles. The fourth-order valence-electron chi connectivity index (χ4n) is 2.60. The zero-order valence-electron chi connectivity index (χ0n) is 10.9. The van der Waals surface area contributed by atoms with Crippen molar-refractivity contribution in [3.8, 4) is 11.1 Å². The van der Waals surface area contributed by atoms with Crippen molar-refractivity contribution in [3.63, 3.8) is 0 Å². The number of anilines is 1. The lowest BCUT2D eigenvalue weighted by Gasteiger charge is -2.15. The van der Waals surface area contributed by atoms with Crippen molar-refractivity contribution in [2.24, 2.45) is 7.05 Å². The summed E-state index contributed by atoms with van der Waals surface area (Å²) in [6.07, 6.45) is 1.83. The van der Waals surface area contributed by atoms with Crippen molar-refractivity contribution >= 4 is 5.69 Å². The topological polar surface area (TPSA) is 21.1 Å². The molecule has 19 heavy (non-hydrogen) atoms. The Kier molecular flexibility index (Phi) is 2.77. The number of fused-ring (bicyclic) bond motifs is 1. The van der Waals surface area contributed by atoms with Gasteiger partial charge in [-0.25, -0.2) is 8.78 Å². The highest BCUT2D eigenvalue weighted by Crippen LogP contribution is 2.38. The molecule has 0 unspecified atom stereocenters. The number of benzene rings is 1. The molecule has 1 aromatic carbocycles. The Morgan fingerprint density at radius 3 is 2.68 bits per heavy atom. The number of aromatic nitrogens is 2. The Bertz CT molecular complexity index is 619. The molecule has 0 spiro atoms. The van der Waals surface area contributed by atoms with Gasteiger partial charge in [0.1, 0.15) is 0 Å². The van der Waals surface area contributed by atoms with E-state index in [1.807, 2.05) is 18.0 Å². The van der Waals surface area contributed by atoms with Crippen LogP contribution in [0.5, 0.6) is 0 Å². The van der Waals surface area contributed by atoms with Crippen LogP contribution in [0.2, 0.25) is 0 Å². The van der Waals surface area contributed by atoms with E-state index in [2.05, 4.69) is 5.10 Å². The van der Waals surface area contributed by atoms with Crippen LogP contribution in [0.15, 0.2) is 24.5 Å². The van der Waals surface area contributed by atoms with Gasteiger partial charge in [-0.05, 0) is 29.7 Å². The molecule has 0 saturated carbocycles. The lowest BCUT2D eigenvalue weighted by atomic mass is 9.98. The molecule has 0 radical (unpaired) electrons. The number of rotatable bonds is 2. The summed E-state index contributed by atoms with van der Waals surface area (Å²) in [5, 5.41) is 4.06. The molecule has 0 saturated heterocycles. The molecule has 3 nitrogen and oxygen atoms in total. The first-order valence-electron chi connectivity index (χ1n) is 6.21. The average molecular weight is 263 g/mol. The van der Waals surface area contributed by atoms with Gasteiger partial charge in [-0.1, -0.05) is 0 Å². The van der Waals surface area contributed by atoms with Gasteiger partial charge in [0.15, 0.2) is 0 Å². The Balaban J connectivity index is 2.18. The quantitative estimate of drug-likeness (QED) is 0.830. The summed E-state index contributed by atoms with van der Waals surface area (Å²) in [5.41, 5.74) is 3.47. The Morgan fingerprint density at radius 2 is 2.05 bits per heavy atom. The molecule has 3 rings (SSSR count). The molecule has 0 N–H and O–H groups in total. The highest BCUT2D eigenvalue weighted by molar-refractivity contribution is 5.73. The van der Waals surface area contributed by atoms with E-state index in [0.717, 1.165) is 29.8 Å². The molecule has 0 aliphatic carbocycles. The largest absolute Gasteiger partial charge is 0.374 e. The van der Waals surface area contributed by atoms with Gasteiger partial charge in [-0.15, -0.1) is 0 Å². The minimum Gasteiger partial charge on any atom is -0.374 e. The molecule has 0 atom stereocenters. The number of aryl methyl sites for hydroxylation is 1. The zero-order chi connectivity index (χ0) is 13.6. The van der Waals surface area contributed by atoms with Gasteiger partial charge in [0.2, 0.25) is 0 Å². The SMILES string of the molecule is CN1CCc2cc(-c3cnn(C)c3)c(C(F)F)cc21. The fourth-order valence-corrected chi connectivity index (χ4v) is 2.60. The van der Waals surface area contributed by atoms with Crippen LogP contribution in [0.1, 0.15) is 17.6 Å². The second-order valence-electron chi connectivity index (χ2n) is 4.94. The predicted octanol–water partition coefficient (Wildman–Crippen LogP) is 3.02. The number of nitrogens with zero attached hydrogens (tertiary/aromatic N) is 3. The summed E-state index contributed by atoms with van der Waals surface area (Å²) in [4.78, 5) is 2.02. The predicted molar refractivity (Wildman–Crippen MR) is 70.6 cm³/mol. The third-order valence-electron chi connectivity index (χ3n) is 3.63. The standard InChI is InChI=1S/C14H15F2N3/c1-18-4-3-9-5-11(10-7-17-19(2)8-10)12(14(15)16)6-13(9)18/h5-8,14H,3-4H2,1-2H3. The van der Waals surface area contributed by atoms with Crippen molar-refractivity contribution in [2.45, 2.75) is 12.8 Å². The van der Waals surface area contributed by atoms with Gasteiger partial charge in [0.05, 0.1) is 6.20 Å². The van der Waals surface area contributed by atoms with Crippen LogP contribution >= 0.6 is 0 Å². The number of hydrogen-bond donors (Lipinski definition) is 0. The van der Waals surface area contributed by atoms with Gasteiger partial charge in [0.25, 0.3) is 6.43 Å². The van der Waals surface area contributed by atoms with Crippen molar-refractivity contribution < 1.29 is 8.78 Å². The van der Waals surface area contributed by atoms with Crippen LogP contribution in [-0.4, -0.2) is 23.4 Å². The third kappa shape index (κ3) is 1.99. The first kappa shape index (κ1) is 12.1. The number of halogens is 2. The molecular weight excluding hydrogens is 248 g/mol. The third-order valence-corrected chi connectivity index (χ3v) is 3.63. The smallest absolute Gasteiger partial charge is 0.264 e. The van der Waals surface area contributed by atoms with Crippen molar-refractivity contribution in [3.05, 3.63) is 35.7 Å². The summed E-state index contributed by atoms with van der Waals surface area (Å²) in [6, 6.07) is 3.51. The normalized spacial score (nSPS) is 14.3. The van der Waals surface area contributed by atoms with Crippen LogP contribution in [0, 0.1) is 0 Å². The number of alkyl halides is 2. The molecule has 0 fully saturated rings. The van der Waals surface area contributed by atoms with E-state index in [1.165, 1.54) is 0 Å². The van der Waals surface area contributed by atoms with E-state index in [9.17, 15) is 8.78 Å². The van der Waals surface area contributed by atoms with E-state index < -0.39 is 6.43 Å². The minimum atomic E-state index is -2.48. The van der Waals surface area contributed by atoms with Crippen molar-refractivity contribution in [1.82, 2.24) is 9.78 Å². The average Bonchev–Trinajstić information content (AvgIpc) is 2.95. The second-order valence-corrected chi connectivity index (χ2v) is 4.94. The molecular formula is C14H15F2N3. The van der Waals surface area contributed by atoms with E-state index in [1.54, 1.807) is 30.2 Å². The zero-order valence-corrected chi connectivity index (χ0v) is 10.9. The van der Waals surface area contributed by atoms with Gasteiger partial charge in [-0.2, -0.15) is 5.10 Å². The summed E-state index contributed by atoms with van der Waals surface area (Å²) >= 11 is 0. The molecule has 1 aliphatic rings. The summed E-state index contributed by atoms with van der Waals surface area (Å²) in [7, 11) is 3.72. The van der Waals surface area contributed by atoms with Crippen LogP contribution in [0.3, 0.4) is 0 Å². The van der Waals surface area contributed by atoms with Gasteiger partial charge in [-0.3, -0.25) is 4.68 Å². The fraction of sp³-hybridized carbons (Fsp3) is 0.357. The van der Waals surface area contributed by atoms with E-state index in [0.29, 0.717) is 5.56 Å². The highest BCUT2D eigenvalue weighted by atomic mass is 19.3. The highest BCUT2D eigenvalue weighted by Gasteiger charge is 2.23. The van der Waals surface area contributed by atoms with E-state index in [4.69, 9.17) is 0 Å². The van der Waals surface area contributed by atoms with E-state index in [-0.39, 0.29) is 5.56 Å². The molecule has 0 bridgehead atoms. The van der Waals surface area contributed by atoms with Crippen LogP contribution in [-0.2, 0) is 13.5 Å². The summed E-state index contributed by atoms with van der Waals surface area (Å²) in [6.45, 7) is 0.883. The lowest BCUT2D eigenvalue weighted by molar-refractivity contribution is 0.152. The first-order chi connectivity index (χ1) is 9.06. The number of hydrogen-bond acceptors (Lipinski definition) is 2. The second kappa shape index (κ2) is 4.33.